The third-order valence-electron chi connectivity index (χ3n) is 3.56. The van der Waals surface area contributed by atoms with Gasteiger partial charge < -0.3 is 5.32 Å². The van der Waals surface area contributed by atoms with Crippen molar-refractivity contribution in [1.29, 1.82) is 0 Å². The first-order valence-electron chi connectivity index (χ1n) is 6.87. The van der Waals surface area contributed by atoms with Crippen molar-refractivity contribution in [3.05, 3.63) is 56.2 Å². The van der Waals surface area contributed by atoms with E-state index in [4.69, 9.17) is 11.6 Å². The topological polar surface area (TPSA) is 12.0 Å². The summed E-state index contributed by atoms with van der Waals surface area (Å²) in [5.41, 5.74) is 2.60. The molecular formula is C17H22ClNS. The van der Waals surface area contributed by atoms with E-state index < -0.39 is 0 Å². The molecule has 1 aromatic heterocycles. The van der Waals surface area contributed by atoms with E-state index in [1.165, 1.54) is 15.3 Å². The minimum atomic E-state index is 0.199. The molecule has 0 aliphatic heterocycles. The zero-order valence-electron chi connectivity index (χ0n) is 12.8. The van der Waals surface area contributed by atoms with E-state index in [-0.39, 0.29) is 11.5 Å². The van der Waals surface area contributed by atoms with E-state index in [9.17, 15) is 0 Å². The molecule has 0 saturated carbocycles. The molecule has 0 aliphatic carbocycles. The van der Waals surface area contributed by atoms with Gasteiger partial charge in [0.25, 0.3) is 0 Å². The number of hydrogen-bond acceptors (Lipinski definition) is 2. The molecule has 1 atom stereocenters. The maximum absolute atomic E-state index is 6.26. The summed E-state index contributed by atoms with van der Waals surface area (Å²) >= 11 is 8.13. The molecule has 3 heteroatoms. The van der Waals surface area contributed by atoms with Gasteiger partial charge in [-0.25, -0.2) is 0 Å². The lowest BCUT2D eigenvalue weighted by atomic mass is 9.95. The molecule has 0 radical (unpaired) electrons. The molecule has 0 fully saturated rings. The summed E-state index contributed by atoms with van der Waals surface area (Å²) in [4.78, 5) is 2.75. The van der Waals surface area contributed by atoms with Gasteiger partial charge in [0.2, 0.25) is 0 Å². The van der Waals surface area contributed by atoms with Crippen LogP contribution in [0.4, 0.5) is 0 Å². The number of thiophene rings is 1. The van der Waals surface area contributed by atoms with Crippen LogP contribution >= 0.6 is 22.9 Å². The Kier molecular flexibility index (Phi) is 4.58. The fourth-order valence-electron chi connectivity index (χ4n) is 2.30. The van der Waals surface area contributed by atoms with Crippen molar-refractivity contribution >= 4 is 22.9 Å². The molecule has 1 unspecified atom stereocenters. The molecule has 0 spiro atoms. The van der Waals surface area contributed by atoms with Crippen LogP contribution in [0.5, 0.6) is 0 Å². The number of hydrogen-bond donors (Lipinski definition) is 1. The fourth-order valence-corrected chi connectivity index (χ4v) is 3.68. The second-order valence-corrected chi connectivity index (χ2v) is 7.65. The Hall–Kier alpha value is -0.830. The van der Waals surface area contributed by atoms with E-state index in [0.29, 0.717) is 0 Å². The van der Waals surface area contributed by atoms with Crippen LogP contribution in [0.2, 0.25) is 5.02 Å². The lowest BCUT2D eigenvalue weighted by molar-refractivity contribution is 0.604. The van der Waals surface area contributed by atoms with Crippen molar-refractivity contribution in [2.24, 2.45) is 0 Å². The minimum Gasteiger partial charge on any atom is -0.309 e. The smallest absolute Gasteiger partial charge is 0.0671 e. The highest BCUT2D eigenvalue weighted by molar-refractivity contribution is 7.12. The van der Waals surface area contributed by atoms with Crippen LogP contribution in [-0.4, -0.2) is 7.05 Å². The fraction of sp³-hybridized carbons (Fsp3) is 0.412. The zero-order valence-corrected chi connectivity index (χ0v) is 14.3. The lowest BCUT2D eigenvalue weighted by Gasteiger charge is -2.19. The number of benzene rings is 1. The van der Waals surface area contributed by atoms with Crippen LogP contribution in [0.25, 0.3) is 0 Å². The highest BCUT2D eigenvalue weighted by atomic mass is 35.5. The van der Waals surface area contributed by atoms with Crippen molar-refractivity contribution in [3.63, 3.8) is 0 Å². The Morgan fingerprint density at radius 2 is 1.85 bits per heavy atom. The molecule has 0 amide bonds. The summed E-state index contributed by atoms with van der Waals surface area (Å²) in [6.45, 7) is 8.84. The van der Waals surface area contributed by atoms with Crippen LogP contribution < -0.4 is 5.32 Å². The van der Waals surface area contributed by atoms with Gasteiger partial charge in [0.1, 0.15) is 0 Å². The van der Waals surface area contributed by atoms with Crippen molar-refractivity contribution in [2.75, 3.05) is 7.05 Å². The highest BCUT2D eigenvalue weighted by Crippen LogP contribution is 2.36. The summed E-state index contributed by atoms with van der Waals surface area (Å²) < 4.78 is 0. The van der Waals surface area contributed by atoms with Gasteiger partial charge in [-0.2, -0.15) is 0 Å². The Bertz CT molecular complexity index is 595. The molecule has 1 aromatic carbocycles. The third kappa shape index (κ3) is 3.08. The number of nitrogens with one attached hydrogen (secondary N) is 1. The van der Waals surface area contributed by atoms with Gasteiger partial charge in [-0.1, -0.05) is 44.5 Å². The van der Waals surface area contributed by atoms with Crippen LogP contribution in [0.15, 0.2) is 30.3 Å². The summed E-state index contributed by atoms with van der Waals surface area (Å²) in [7, 11) is 2.00. The first kappa shape index (κ1) is 15.6. The number of halogens is 1. The maximum Gasteiger partial charge on any atom is 0.0671 e. The average Bonchev–Trinajstić information content (AvgIpc) is 2.85. The summed E-state index contributed by atoms with van der Waals surface area (Å²) in [5, 5.41) is 4.25. The summed E-state index contributed by atoms with van der Waals surface area (Å²) in [6.07, 6.45) is 0. The Morgan fingerprint density at radius 1 is 1.15 bits per heavy atom. The largest absolute Gasteiger partial charge is 0.309 e. The van der Waals surface area contributed by atoms with E-state index in [2.05, 4.69) is 51.2 Å². The molecule has 1 nitrogen and oxygen atoms in total. The van der Waals surface area contributed by atoms with E-state index >= 15 is 0 Å². The average molecular weight is 308 g/mol. The van der Waals surface area contributed by atoms with Crippen LogP contribution in [0.3, 0.4) is 0 Å². The van der Waals surface area contributed by atoms with E-state index in [1.807, 2.05) is 30.5 Å². The first-order chi connectivity index (χ1) is 9.34. The van der Waals surface area contributed by atoms with Gasteiger partial charge in [-0.05, 0) is 48.7 Å². The zero-order chi connectivity index (χ0) is 14.9. The predicted octanol–water partition coefficient (Wildman–Crippen LogP) is 5.32. The Labute approximate surface area is 131 Å². The molecule has 0 aliphatic rings. The van der Waals surface area contributed by atoms with Crippen molar-refractivity contribution in [3.8, 4) is 0 Å². The third-order valence-corrected chi connectivity index (χ3v) is 5.55. The van der Waals surface area contributed by atoms with Gasteiger partial charge in [0, 0.05) is 14.8 Å². The van der Waals surface area contributed by atoms with Gasteiger partial charge >= 0.3 is 0 Å². The molecule has 2 aromatic rings. The normalized spacial score (nSPS) is 13.5. The Morgan fingerprint density at radius 3 is 2.40 bits per heavy atom. The molecule has 20 heavy (non-hydrogen) atoms. The lowest BCUT2D eigenvalue weighted by Crippen LogP contribution is -2.17. The molecule has 108 valence electrons. The monoisotopic (exact) mass is 307 g/mol. The van der Waals surface area contributed by atoms with E-state index in [1.54, 1.807) is 0 Å². The van der Waals surface area contributed by atoms with Crippen LogP contribution in [0, 0.1) is 6.92 Å². The SMILES string of the molecule is CNC(c1ccc(C(C)(C)C)s1)c1cccc(Cl)c1C. The highest BCUT2D eigenvalue weighted by Gasteiger charge is 2.21. The van der Waals surface area contributed by atoms with Crippen LogP contribution in [0.1, 0.15) is 47.7 Å². The number of rotatable bonds is 3. The van der Waals surface area contributed by atoms with Gasteiger partial charge in [-0.15, -0.1) is 11.3 Å². The van der Waals surface area contributed by atoms with Gasteiger partial charge in [-0.3, -0.25) is 0 Å². The minimum absolute atomic E-state index is 0.199. The second kappa shape index (κ2) is 5.88. The molecule has 1 heterocycles. The van der Waals surface area contributed by atoms with Crippen LogP contribution in [-0.2, 0) is 5.41 Å². The van der Waals surface area contributed by atoms with Gasteiger partial charge in [0.05, 0.1) is 6.04 Å². The predicted molar refractivity (Wildman–Crippen MR) is 90.1 cm³/mol. The Balaban J connectivity index is 2.43. The molecule has 0 saturated heterocycles. The van der Waals surface area contributed by atoms with E-state index in [0.717, 1.165) is 10.6 Å². The second-order valence-electron chi connectivity index (χ2n) is 6.13. The van der Waals surface area contributed by atoms with Crippen molar-refractivity contribution < 1.29 is 0 Å². The molecule has 2 rings (SSSR count). The van der Waals surface area contributed by atoms with Crippen molar-refractivity contribution in [2.45, 2.75) is 39.2 Å². The standard InChI is InChI=1S/C17H22ClNS/c1-11-12(7-6-8-13(11)18)16(19-5)14-9-10-15(20-14)17(2,3)4/h6-10,16,19H,1-5H3. The van der Waals surface area contributed by atoms with Gasteiger partial charge in [0.15, 0.2) is 0 Å². The quantitative estimate of drug-likeness (QED) is 0.809. The summed E-state index contributed by atoms with van der Waals surface area (Å²) in [5.74, 6) is 0. The van der Waals surface area contributed by atoms with Crippen molar-refractivity contribution in [1.82, 2.24) is 5.32 Å². The molecular weight excluding hydrogens is 286 g/mol. The molecule has 0 bridgehead atoms. The maximum atomic E-state index is 6.26. The summed E-state index contributed by atoms with van der Waals surface area (Å²) in [6, 6.07) is 10.8. The molecule has 1 N–H and O–H groups in total. The first-order valence-corrected chi connectivity index (χ1v) is 8.06.